The van der Waals surface area contributed by atoms with Crippen LogP contribution in [0.3, 0.4) is 0 Å². The van der Waals surface area contributed by atoms with Crippen LogP contribution in [0.2, 0.25) is 0 Å². The molecule has 1 heterocycles. The van der Waals surface area contributed by atoms with Gasteiger partial charge in [-0.1, -0.05) is 30.3 Å². The van der Waals surface area contributed by atoms with Crippen LogP contribution in [0.4, 0.5) is 5.82 Å². The first-order valence-corrected chi connectivity index (χ1v) is 7.01. The van der Waals surface area contributed by atoms with Crippen LogP contribution in [0.1, 0.15) is 11.6 Å². The van der Waals surface area contributed by atoms with Gasteiger partial charge in [0.2, 0.25) is 5.82 Å². The number of rotatable bonds is 5. The van der Waals surface area contributed by atoms with E-state index >= 15 is 0 Å². The van der Waals surface area contributed by atoms with E-state index in [1.165, 1.54) is 14.1 Å². The summed E-state index contributed by atoms with van der Waals surface area (Å²) in [6, 6.07) is 10.1. The van der Waals surface area contributed by atoms with Gasteiger partial charge in [-0.3, -0.25) is 9.36 Å². The van der Waals surface area contributed by atoms with Gasteiger partial charge in [0.1, 0.15) is 0 Å². The number of hydrogen-bond donors (Lipinski definition) is 1. The number of hydrogen-bond acceptors (Lipinski definition) is 5. The molecule has 1 aromatic carbocycles. The van der Waals surface area contributed by atoms with Crippen molar-refractivity contribution in [1.82, 2.24) is 19.2 Å². The van der Waals surface area contributed by atoms with Crippen molar-refractivity contribution >= 4 is 5.82 Å². The monoisotopic (exact) mass is 303 g/mol. The molecule has 1 aromatic heterocycles. The topological polar surface area (TPSA) is 72.2 Å². The maximum absolute atomic E-state index is 12.1. The highest BCUT2D eigenvalue weighted by atomic mass is 16.2. The summed E-state index contributed by atoms with van der Waals surface area (Å²) in [6.07, 6.45) is 0. The maximum atomic E-state index is 12.1. The minimum Gasteiger partial charge on any atom is -0.362 e. The Morgan fingerprint density at radius 2 is 1.82 bits per heavy atom. The molecule has 118 valence electrons. The molecule has 0 amide bonds. The van der Waals surface area contributed by atoms with Crippen LogP contribution in [0.25, 0.3) is 0 Å². The van der Waals surface area contributed by atoms with E-state index in [4.69, 9.17) is 0 Å². The predicted octanol–water partition coefficient (Wildman–Crippen LogP) is 0.194. The minimum absolute atomic E-state index is 0.0879. The summed E-state index contributed by atoms with van der Waals surface area (Å²) in [5.74, 6) is 0.174. The number of likely N-dealkylation sites (N-methyl/N-ethyl adjacent to an activating group) is 1. The first kappa shape index (κ1) is 16.0. The highest BCUT2D eigenvalue weighted by Gasteiger charge is 2.15. The molecular formula is C15H21N5O2. The Morgan fingerprint density at radius 1 is 1.18 bits per heavy atom. The van der Waals surface area contributed by atoms with Crippen LogP contribution in [0.5, 0.6) is 0 Å². The normalized spacial score (nSPS) is 12.4. The summed E-state index contributed by atoms with van der Waals surface area (Å²) in [5, 5.41) is 7.06. The van der Waals surface area contributed by atoms with Gasteiger partial charge in [-0.15, -0.1) is 5.10 Å². The van der Waals surface area contributed by atoms with Crippen LogP contribution in [0, 0.1) is 0 Å². The number of aryl methyl sites for hydroxylation is 1. The van der Waals surface area contributed by atoms with Crippen LogP contribution in [0.15, 0.2) is 39.9 Å². The zero-order valence-corrected chi connectivity index (χ0v) is 13.3. The van der Waals surface area contributed by atoms with E-state index in [0.717, 1.165) is 14.8 Å². The van der Waals surface area contributed by atoms with E-state index in [0.29, 0.717) is 6.54 Å². The van der Waals surface area contributed by atoms with E-state index in [-0.39, 0.29) is 11.9 Å². The van der Waals surface area contributed by atoms with Crippen molar-refractivity contribution in [3.8, 4) is 0 Å². The highest BCUT2D eigenvalue weighted by molar-refractivity contribution is 5.31. The lowest BCUT2D eigenvalue weighted by atomic mass is 10.1. The number of benzene rings is 1. The summed E-state index contributed by atoms with van der Waals surface area (Å²) in [7, 11) is 6.92. The van der Waals surface area contributed by atoms with Gasteiger partial charge < -0.3 is 10.2 Å². The molecule has 0 saturated heterocycles. The largest absolute Gasteiger partial charge is 0.362 e. The smallest absolute Gasteiger partial charge is 0.346 e. The molecule has 1 atom stereocenters. The molecule has 0 bridgehead atoms. The Bertz CT molecular complexity index is 749. The first-order valence-electron chi connectivity index (χ1n) is 7.01. The molecule has 2 aromatic rings. The Labute approximate surface area is 128 Å². The van der Waals surface area contributed by atoms with Gasteiger partial charge in [0.05, 0.1) is 6.04 Å². The van der Waals surface area contributed by atoms with Gasteiger partial charge in [-0.2, -0.15) is 0 Å². The second kappa shape index (κ2) is 6.57. The molecule has 2 rings (SSSR count). The number of anilines is 1. The van der Waals surface area contributed by atoms with Crippen LogP contribution in [-0.4, -0.2) is 39.9 Å². The Balaban J connectivity index is 2.25. The van der Waals surface area contributed by atoms with Crippen molar-refractivity contribution in [3.05, 3.63) is 56.7 Å². The average molecular weight is 303 g/mol. The molecular weight excluding hydrogens is 282 g/mol. The fraction of sp³-hybridized carbons (Fsp3) is 0.400. The standard InChI is InChI=1S/C15H21N5O2/c1-18(2)12(11-8-6-5-7-9-11)10-16-13-14(21)19(3)15(22)20(4)17-13/h5-9,12H,10H2,1-4H3,(H,16,17). The van der Waals surface area contributed by atoms with Crippen LogP contribution < -0.4 is 16.6 Å². The Kier molecular flexibility index (Phi) is 4.77. The molecule has 7 heteroatoms. The first-order chi connectivity index (χ1) is 10.4. The lowest BCUT2D eigenvalue weighted by molar-refractivity contribution is 0.311. The molecule has 0 spiro atoms. The summed E-state index contributed by atoms with van der Waals surface area (Å²) >= 11 is 0. The molecule has 0 saturated carbocycles. The van der Waals surface area contributed by atoms with E-state index in [9.17, 15) is 9.59 Å². The fourth-order valence-electron chi connectivity index (χ4n) is 2.28. The zero-order chi connectivity index (χ0) is 16.3. The SMILES string of the molecule is CN(C)C(CNc1nn(C)c(=O)n(C)c1=O)c1ccccc1. The van der Waals surface area contributed by atoms with Crippen molar-refractivity contribution in [2.45, 2.75) is 6.04 Å². The lowest BCUT2D eigenvalue weighted by Crippen LogP contribution is -2.40. The second-order valence-corrected chi connectivity index (χ2v) is 5.39. The number of nitrogens with one attached hydrogen (secondary N) is 1. The van der Waals surface area contributed by atoms with Crippen molar-refractivity contribution in [3.63, 3.8) is 0 Å². The van der Waals surface area contributed by atoms with Crippen molar-refractivity contribution in [2.24, 2.45) is 14.1 Å². The molecule has 0 aliphatic carbocycles. The minimum atomic E-state index is -0.442. The summed E-state index contributed by atoms with van der Waals surface area (Å²) in [4.78, 5) is 25.8. The third kappa shape index (κ3) is 3.25. The van der Waals surface area contributed by atoms with E-state index < -0.39 is 11.2 Å². The van der Waals surface area contributed by atoms with Gasteiger partial charge in [0.25, 0.3) is 5.56 Å². The molecule has 7 nitrogen and oxygen atoms in total. The van der Waals surface area contributed by atoms with Gasteiger partial charge in [0, 0.05) is 20.6 Å². The zero-order valence-electron chi connectivity index (χ0n) is 13.3. The van der Waals surface area contributed by atoms with E-state index in [1.807, 2.05) is 44.4 Å². The number of aromatic nitrogens is 3. The molecule has 0 aliphatic rings. The third-order valence-corrected chi connectivity index (χ3v) is 3.59. The summed E-state index contributed by atoms with van der Waals surface area (Å²) < 4.78 is 2.19. The molecule has 1 unspecified atom stereocenters. The molecule has 0 radical (unpaired) electrons. The molecule has 0 aliphatic heterocycles. The highest BCUT2D eigenvalue weighted by Crippen LogP contribution is 2.17. The van der Waals surface area contributed by atoms with Crippen molar-refractivity contribution in [2.75, 3.05) is 26.0 Å². The van der Waals surface area contributed by atoms with Crippen LogP contribution >= 0.6 is 0 Å². The number of nitrogens with zero attached hydrogens (tertiary/aromatic N) is 4. The van der Waals surface area contributed by atoms with Crippen LogP contribution in [-0.2, 0) is 14.1 Å². The molecule has 0 fully saturated rings. The fourth-order valence-corrected chi connectivity index (χ4v) is 2.28. The summed E-state index contributed by atoms with van der Waals surface area (Å²) in [5.41, 5.74) is 0.276. The molecule has 22 heavy (non-hydrogen) atoms. The Hall–Kier alpha value is -2.41. The summed E-state index contributed by atoms with van der Waals surface area (Å²) in [6.45, 7) is 0.511. The molecule has 1 N–H and O–H groups in total. The maximum Gasteiger partial charge on any atom is 0.346 e. The third-order valence-electron chi connectivity index (χ3n) is 3.59. The van der Waals surface area contributed by atoms with Crippen molar-refractivity contribution < 1.29 is 0 Å². The van der Waals surface area contributed by atoms with E-state index in [2.05, 4.69) is 15.3 Å². The van der Waals surface area contributed by atoms with Gasteiger partial charge in [-0.25, -0.2) is 9.48 Å². The average Bonchev–Trinajstić information content (AvgIpc) is 2.51. The van der Waals surface area contributed by atoms with Gasteiger partial charge >= 0.3 is 5.69 Å². The Morgan fingerprint density at radius 3 is 2.41 bits per heavy atom. The quantitative estimate of drug-likeness (QED) is 0.854. The van der Waals surface area contributed by atoms with Gasteiger partial charge in [-0.05, 0) is 19.7 Å². The van der Waals surface area contributed by atoms with Crippen molar-refractivity contribution in [1.29, 1.82) is 0 Å². The van der Waals surface area contributed by atoms with Gasteiger partial charge in [0.15, 0.2) is 0 Å². The second-order valence-electron chi connectivity index (χ2n) is 5.39. The van der Waals surface area contributed by atoms with E-state index in [1.54, 1.807) is 0 Å². The predicted molar refractivity (Wildman–Crippen MR) is 86.1 cm³/mol. The lowest BCUT2D eigenvalue weighted by Gasteiger charge is -2.25.